The first-order valence-electron chi connectivity index (χ1n) is 13.4. The standard InChI is InChI=1S/C33H35BS2/c1-17(2)22-11-25(18(3)4)33(26(12-22)19(5)6)34-29-15-31-23(9-20(7)35-31)13-27(29)28-14-24-10-21(8)36-32(24)16-30(28)34/h9-19H,1-8H3. The Labute approximate surface area is 224 Å². The predicted molar refractivity (Wildman–Crippen MR) is 165 cm³/mol. The van der Waals surface area contributed by atoms with Gasteiger partial charge >= 0.3 is 0 Å². The molecule has 0 fully saturated rings. The van der Waals surface area contributed by atoms with E-state index in [2.05, 4.69) is 104 Å². The van der Waals surface area contributed by atoms with E-state index in [0.29, 0.717) is 17.8 Å². The van der Waals surface area contributed by atoms with Gasteiger partial charge in [0.2, 0.25) is 6.71 Å². The molecule has 3 heterocycles. The molecule has 0 aliphatic carbocycles. The van der Waals surface area contributed by atoms with Crippen molar-refractivity contribution in [2.75, 3.05) is 0 Å². The van der Waals surface area contributed by atoms with Crippen LogP contribution in [0.5, 0.6) is 0 Å². The van der Waals surface area contributed by atoms with E-state index in [4.69, 9.17) is 0 Å². The topological polar surface area (TPSA) is 0 Å². The van der Waals surface area contributed by atoms with Crippen LogP contribution < -0.4 is 16.4 Å². The minimum Gasteiger partial charge on any atom is -0.141 e. The van der Waals surface area contributed by atoms with Crippen LogP contribution in [0.4, 0.5) is 0 Å². The van der Waals surface area contributed by atoms with Crippen LogP contribution in [0.3, 0.4) is 0 Å². The molecule has 0 N–H and O–H groups in total. The zero-order chi connectivity index (χ0) is 25.5. The summed E-state index contributed by atoms with van der Waals surface area (Å²) in [7, 11) is 0. The van der Waals surface area contributed by atoms with Crippen LogP contribution in [0.2, 0.25) is 0 Å². The normalized spacial score (nSPS) is 13.1. The Bertz CT molecular complexity index is 1530. The third kappa shape index (κ3) is 3.70. The SMILES string of the molecule is Cc1cc2cc3c(cc2s1)B(c1c(C(C)C)cc(C(C)C)cc1C(C)C)c1cc2sc(C)cc2cc1-3. The molecule has 1 aliphatic rings. The molecule has 0 unspecified atom stereocenters. The molecule has 36 heavy (non-hydrogen) atoms. The van der Waals surface area contributed by atoms with Gasteiger partial charge in [0.1, 0.15) is 0 Å². The fourth-order valence-electron chi connectivity index (χ4n) is 6.24. The Morgan fingerprint density at radius 1 is 0.556 bits per heavy atom. The zero-order valence-electron chi connectivity index (χ0n) is 22.7. The molecule has 0 nitrogen and oxygen atoms in total. The van der Waals surface area contributed by atoms with Crippen molar-refractivity contribution < 1.29 is 0 Å². The van der Waals surface area contributed by atoms with Crippen molar-refractivity contribution in [3.8, 4) is 11.1 Å². The Balaban J connectivity index is 1.73. The maximum Gasteiger partial charge on any atom is 0.243 e. The van der Waals surface area contributed by atoms with Gasteiger partial charge in [-0.3, -0.25) is 0 Å². The Morgan fingerprint density at radius 3 is 1.39 bits per heavy atom. The van der Waals surface area contributed by atoms with Gasteiger partial charge in [0.25, 0.3) is 0 Å². The molecule has 0 atom stereocenters. The summed E-state index contributed by atoms with van der Waals surface area (Å²) in [4.78, 5) is 2.78. The molecule has 3 heteroatoms. The van der Waals surface area contributed by atoms with E-state index in [0.717, 1.165) is 0 Å². The summed E-state index contributed by atoms with van der Waals surface area (Å²) in [6.07, 6.45) is 0. The lowest BCUT2D eigenvalue weighted by Crippen LogP contribution is -2.52. The highest BCUT2D eigenvalue weighted by Crippen LogP contribution is 2.36. The smallest absolute Gasteiger partial charge is 0.141 e. The second kappa shape index (κ2) is 8.60. The van der Waals surface area contributed by atoms with E-state index in [1.165, 1.54) is 68.7 Å². The van der Waals surface area contributed by atoms with Crippen LogP contribution in [-0.2, 0) is 0 Å². The van der Waals surface area contributed by atoms with E-state index in [9.17, 15) is 0 Å². The van der Waals surface area contributed by atoms with E-state index >= 15 is 0 Å². The average molecular weight is 507 g/mol. The molecule has 0 bridgehead atoms. The maximum atomic E-state index is 2.52. The lowest BCUT2D eigenvalue weighted by Gasteiger charge is -2.26. The van der Waals surface area contributed by atoms with Gasteiger partial charge in [0.05, 0.1) is 0 Å². The minimum atomic E-state index is 0.282. The molecular formula is C33H35BS2. The monoisotopic (exact) mass is 506 g/mol. The molecule has 0 amide bonds. The van der Waals surface area contributed by atoms with Gasteiger partial charge in [0.15, 0.2) is 0 Å². The predicted octanol–water partition coefficient (Wildman–Crippen LogP) is 8.60. The molecule has 0 saturated heterocycles. The number of thiophene rings is 2. The second-order valence-corrected chi connectivity index (χ2v) is 14.3. The summed E-state index contributed by atoms with van der Waals surface area (Å²) in [5.41, 5.74) is 11.9. The van der Waals surface area contributed by atoms with Crippen molar-refractivity contribution in [2.45, 2.75) is 73.1 Å². The van der Waals surface area contributed by atoms with Crippen LogP contribution >= 0.6 is 22.7 Å². The largest absolute Gasteiger partial charge is 0.243 e. The van der Waals surface area contributed by atoms with Crippen molar-refractivity contribution in [3.05, 3.63) is 75.0 Å². The van der Waals surface area contributed by atoms with E-state index in [1.54, 1.807) is 5.46 Å². The maximum absolute atomic E-state index is 2.52. The number of hydrogen-bond acceptors (Lipinski definition) is 2. The first-order chi connectivity index (χ1) is 17.1. The first-order valence-corrected chi connectivity index (χ1v) is 15.0. The second-order valence-electron chi connectivity index (χ2n) is 11.7. The number of aryl methyl sites for hydroxylation is 2. The Morgan fingerprint density at radius 2 is 1.00 bits per heavy atom. The van der Waals surface area contributed by atoms with Gasteiger partial charge in [-0.25, -0.2) is 0 Å². The van der Waals surface area contributed by atoms with E-state index in [1.807, 2.05) is 22.7 Å². The highest BCUT2D eigenvalue weighted by molar-refractivity contribution is 7.19. The molecule has 0 saturated carbocycles. The van der Waals surface area contributed by atoms with Crippen molar-refractivity contribution in [1.82, 2.24) is 0 Å². The molecule has 182 valence electrons. The molecule has 1 aliphatic heterocycles. The molecule has 0 spiro atoms. The van der Waals surface area contributed by atoms with Crippen molar-refractivity contribution in [3.63, 3.8) is 0 Å². The summed E-state index contributed by atoms with van der Waals surface area (Å²) in [6.45, 7) is 18.9. The van der Waals surface area contributed by atoms with Crippen LogP contribution in [0, 0.1) is 13.8 Å². The van der Waals surface area contributed by atoms with Gasteiger partial charge in [-0.2, -0.15) is 0 Å². The quantitative estimate of drug-likeness (QED) is 0.210. The number of rotatable bonds is 4. The fourth-order valence-corrected chi connectivity index (χ4v) is 8.15. The number of hydrogen-bond donors (Lipinski definition) is 0. The van der Waals surface area contributed by atoms with E-state index in [-0.39, 0.29) is 6.71 Å². The van der Waals surface area contributed by atoms with Gasteiger partial charge in [-0.05, 0) is 107 Å². The van der Waals surface area contributed by atoms with Gasteiger partial charge in [0, 0.05) is 19.2 Å². The number of fused-ring (bicyclic) bond motifs is 5. The average Bonchev–Trinajstić information content (AvgIpc) is 3.45. The summed E-state index contributed by atoms with van der Waals surface area (Å²) in [5, 5.41) is 2.76. The van der Waals surface area contributed by atoms with E-state index < -0.39 is 0 Å². The summed E-state index contributed by atoms with van der Waals surface area (Å²) < 4.78 is 2.83. The van der Waals surface area contributed by atoms with Gasteiger partial charge in [-0.1, -0.05) is 70.1 Å². The van der Waals surface area contributed by atoms with Gasteiger partial charge < -0.3 is 0 Å². The zero-order valence-corrected chi connectivity index (χ0v) is 24.4. The molecule has 3 aromatic carbocycles. The summed E-state index contributed by atoms with van der Waals surface area (Å²) in [5.74, 6) is 1.48. The molecule has 6 rings (SSSR count). The highest BCUT2D eigenvalue weighted by atomic mass is 32.1. The minimum absolute atomic E-state index is 0.282. The fraction of sp³-hybridized carbons (Fsp3) is 0.333. The van der Waals surface area contributed by atoms with Crippen molar-refractivity contribution >= 4 is 65.9 Å². The molecule has 0 radical (unpaired) electrons. The summed E-state index contributed by atoms with van der Waals surface area (Å²) in [6, 6.07) is 19.8. The molecule has 2 aromatic heterocycles. The first kappa shape index (κ1) is 24.0. The third-order valence-electron chi connectivity index (χ3n) is 8.00. The highest BCUT2D eigenvalue weighted by Gasteiger charge is 2.38. The number of benzene rings is 3. The third-order valence-corrected chi connectivity index (χ3v) is 10.0. The Hall–Kier alpha value is -2.36. The lowest BCUT2D eigenvalue weighted by molar-refractivity contribution is 0.812. The van der Waals surface area contributed by atoms with Crippen LogP contribution in [0.15, 0.2) is 48.5 Å². The van der Waals surface area contributed by atoms with Crippen LogP contribution in [-0.4, -0.2) is 6.71 Å². The Kier molecular flexibility index (Phi) is 5.74. The van der Waals surface area contributed by atoms with Crippen molar-refractivity contribution in [2.24, 2.45) is 0 Å². The van der Waals surface area contributed by atoms with Gasteiger partial charge in [-0.15, -0.1) is 22.7 Å². The molecular weight excluding hydrogens is 471 g/mol. The summed E-state index contributed by atoms with van der Waals surface area (Å²) >= 11 is 3.86. The van der Waals surface area contributed by atoms with Crippen LogP contribution in [0.1, 0.15) is 85.7 Å². The molecule has 5 aromatic rings. The lowest BCUT2D eigenvalue weighted by atomic mass is 9.36. The van der Waals surface area contributed by atoms with Crippen molar-refractivity contribution in [1.29, 1.82) is 0 Å². The van der Waals surface area contributed by atoms with Crippen LogP contribution in [0.25, 0.3) is 31.3 Å².